The van der Waals surface area contributed by atoms with E-state index < -0.39 is 15.5 Å². The standard InChI is InChI=1S/C15H30F3N5O2S/c1-4-22(5-2)10-6-9-20-14(19-3)21-13-7-11-23(12-8-13)26(24,25)15(16,17)18/h13H,4-12H2,1-3H3,(H2,19,20,21). The molecule has 7 nitrogen and oxygen atoms in total. The Kier molecular flexibility index (Phi) is 9.11. The highest BCUT2D eigenvalue weighted by molar-refractivity contribution is 7.90. The fourth-order valence-corrected chi connectivity index (χ4v) is 3.81. The first kappa shape index (κ1) is 23.0. The molecule has 0 amide bonds. The van der Waals surface area contributed by atoms with Crippen LogP contribution in [-0.2, 0) is 10.0 Å². The second-order valence-corrected chi connectivity index (χ2v) is 8.08. The van der Waals surface area contributed by atoms with Crippen LogP contribution in [0.4, 0.5) is 13.2 Å². The fraction of sp³-hybridized carbons (Fsp3) is 0.933. The van der Waals surface area contributed by atoms with E-state index >= 15 is 0 Å². The molecule has 1 saturated heterocycles. The third kappa shape index (κ3) is 6.58. The molecule has 1 heterocycles. The number of halogens is 3. The maximum Gasteiger partial charge on any atom is 0.511 e. The molecule has 1 aliphatic rings. The quantitative estimate of drug-likeness (QED) is 0.363. The molecule has 0 aliphatic carbocycles. The molecule has 0 aromatic rings. The molecular formula is C15H30F3N5O2S. The molecule has 1 aliphatic heterocycles. The summed E-state index contributed by atoms with van der Waals surface area (Å²) in [6, 6.07) is -0.108. The molecule has 0 atom stereocenters. The van der Waals surface area contributed by atoms with Crippen LogP contribution in [0.1, 0.15) is 33.1 Å². The number of hydrogen-bond acceptors (Lipinski definition) is 4. The number of piperidine rings is 1. The average molecular weight is 401 g/mol. The van der Waals surface area contributed by atoms with Crippen molar-refractivity contribution >= 4 is 16.0 Å². The predicted molar refractivity (Wildman–Crippen MR) is 96.5 cm³/mol. The van der Waals surface area contributed by atoms with Gasteiger partial charge in [0.1, 0.15) is 0 Å². The van der Waals surface area contributed by atoms with Gasteiger partial charge in [0.25, 0.3) is 0 Å². The van der Waals surface area contributed by atoms with Crippen molar-refractivity contribution in [2.24, 2.45) is 4.99 Å². The molecule has 1 fully saturated rings. The number of nitrogens with zero attached hydrogens (tertiary/aromatic N) is 3. The smallest absolute Gasteiger partial charge is 0.356 e. The first-order valence-corrected chi connectivity index (χ1v) is 10.4. The van der Waals surface area contributed by atoms with E-state index in [9.17, 15) is 21.6 Å². The van der Waals surface area contributed by atoms with Gasteiger partial charge in [-0.25, -0.2) is 8.42 Å². The van der Waals surface area contributed by atoms with Gasteiger partial charge in [0.15, 0.2) is 5.96 Å². The average Bonchev–Trinajstić information content (AvgIpc) is 2.60. The van der Waals surface area contributed by atoms with Gasteiger partial charge < -0.3 is 15.5 Å². The minimum atomic E-state index is -5.24. The van der Waals surface area contributed by atoms with Crippen molar-refractivity contribution in [3.8, 4) is 0 Å². The lowest BCUT2D eigenvalue weighted by atomic mass is 10.1. The van der Waals surface area contributed by atoms with E-state index in [-0.39, 0.29) is 19.1 Å². The van der Waals surface area contributed by atoms with Gasteiger partial charge in [-0.1, -0.05) is 13.8 Å². The molecule has 0 aromatic carbocycles. The maximum atomic E-state index is 12.6. The van der Waals surface area contributed by atoms with Gasteiger partial charge >= 0.3 is 15.5 Å². The van der Waals surface area contributed by atoms with Crippen molar-refractivity contribution in [2.75, 3.05) is 46.3 Å². The Morgan fingerprint density at radius 2 is 1.81 bits per heavy atom. The summed E-state index contributed by atoms with van der Waals surface area (Å²) >= 11 is 0. The molecule has 1 rings (SSSR count). The molecule has 26 heavy (non-hydrogen) atoms. The molecule has 0 radical (unpaired) electrons. The van der Waals surface area contributed by atoms with Gasteiger partial charge in [0.05, 0.1) is 0 Å². The van der Waals surface area contributed by atoms with E-state index in [4.69, 9.17) is 0 Å². The van der Waals surface area contributed by atoms with Gasteiger partial charge in [-0.2, -0.15) is 17.5 Å². The summed E-state index contributed by atoms with van der Waals surface area (Å²) in [6.45, 7) is 7.64. The summed E-state index contributed by atoms with van der Waals surface area (Å²) in [4.78, 5) is 6.43. The minimum Gasteiger partial charge on any atom is -0.356 e. The highest BCUT2D eigenvalue weighted by Crippen LogP contribution is 2.28. The third-order valence-corrected chi connectivity index (χ3v) is 6.12. The summed E-state index contributed by atoms with van der Waals surface area (Å²) in [5.74, 6) is 0.585. The van der Waals surface area contributed by atoms with E-state index in [1.807, 2.05) is 0 Å². The number of hydrogen-bond donors (Lipinski definition) is 2. The number of aliphatic imine (C=N–C) groups is 1. The second kappa shape index (κ2) is 10.3. The highest BCUT2D eigenvalue weighted by Gasteiger charge is 2.50. The molecule has 0 spiro atoms. The van der Waals surface area contributed by atoms with Crippen LogP contribution in [-0.4, -0.2) is 81.4 Å². The van der Waals surface area contributed by atoms with Crippen molar-refractivity contribution < 1.29 is 21.6 Å². The van der Waals surface area contributed by atoms with Crippen LogP contribution in [0, 0.1) is 0 Å². The number of sulfonamides is 1. The molecule has 154 valence electrons. The zero-order valence-corrected chi connectivity index (χ0v) is 16.5. The predicted octanol–water partition coefficient (Wildman–Crippen LogP) is 1.20. The van der Waals surface area contributed by atoms with Gasteiger partial charge in [-0.05, 0) is 38.9 Å². The van der Waals surface area contributed by atoms with E-state index in [0.29, 0.717) is 23.1 Å². The zero-order chi connectivity index (χ0) is 19.8. The van der Waals surface area contributed by atoms with E-state index in [1.54, 1.807) is 7.05 Å². The lowest BCUT2D eigenvalue weighted by Crippen LogP contribution is -2.51. The van der Waals surface area contributed by atoms with Gasteiger partial charge in [0.2, 0.25) is 0 Å². The van der Waals surface area contributed by atoms with Crippen LogP contribution in [0.3, 0.4) is 0 Å². The Hall–Kier alpha value is -1.07. The number of nitrogens with one attached hydrogen (secondary N) is 2. The highest BCUT2D eigenvalue weighted by atomic mass is 32.2. The fourth-order valence-electron chi connectivity index (χ4n) is 2.82. The Morgan fingerprint density at radius 3 is 2.27 bits per heavy atom. The van der Waals surface area contributed by atoms with Crippen LogP contribution in [0.25, 0.3) is 0 Å². The molecule has 0 aromatic heterocycles. The van der Waals surface area contributed by atoms with Crippen molar-refractivity contribution in [1.82, 2.24) is 19.8 Å². The summed E-state index contributed by atoms with van der Waals surface area (Å²) in [6.07, 6.45) is 1.55. The first-order chi connectivity index (χ1) is 12.2. The Bertz CT molecular complexity index is 542. The lowest BCUT2D eigenvalue weighted by Gasteiger charge is -2.32. The van der Waals surface area contributed by atoms with Crippen molar-refractivity contribution in [3.05, 3.63) is 0 Å². The Morgan fingerprint density at radius 1 is 1.23 bits per heavy atom. The summed E-state index contributed by atoms with van der Waals surface area (Å²) in [5.41, 5.74) is -5.24. The van der Waals surface area contributed by atoms with Crippen LogP contribution in [0.15, 0.2) is 4.99 Å². The number of rotatable bonds is 8. The topological polar surface area (TPSA) is 77.0 Å². The molecule has 0 bridgehead atoms. The second-order valence-electron chi connectivity index (χ2n) is 6.15. The largest absolute Gasteiger partial charge is 0.511 e. The van der Waals surface area contributed by atoms with Gasteiger partial charge in [-0.15, -0.1) is 0 Å². The van der Waals surface area contributed by atoms with Crippen molar-refractivity contribution in [3.63, 3.8) is 0 Å². The van der Waals surface area contributed by atoms with Crippen molar-refractivity contribution in [2.45, 2.75) is 44.7 Å². The first-order valence-electron chi connectivity index (χ1n) is 8.91. The van der Waals surface area contributed by atoms with E-state index in [2.05, 4.69) is 34.4 Å². The monoisotopic (exact) mass is 401 g/mol. The van der Waals surface area contributed by atoms with E-state index in [0.717, 1.165) is 32.6 Å². The zero-order valence-electron chi connectivity index (χ0n) is 15.6. The lowest BCUT2D eigenvalue weighted by molar-refractivity contribution is -0.0494. The molecule has 0 saturated carbocycles. The SMILES string of the molecule is CCN(CC)CCCNC(=NC)NC1CCN(S(=O)(=O)C(F)(F)F)CC1. The summed E-state index contributed by atoms with van der Waals surface area (Å²) in [7, 11) is -3.60. The van der Waals surface area contributed by atoms with Gasteiger partial charge in [-0.3, -0.25) is 4.99 Å². The Balaban J connectivity index is 2.39. The van der Waals surface area contributed by atoms with Crippen molar-refractivity contribution in [1.29, 1.82) is 0 Å². The summed E-state index contributed by atoms with van der Waals surface area (Å²) < 4.78 is 61.1. The third-order valence-electron chi connectivity index (χ3n) is 4.49. The maximum absolute atomic E-state index is 12.6. The normalized spacial score (nSPS) is 18.3. The molecule has 2 N–H and O–H groups in total. The number of alkyl halides is 3. The van der Waals surface area contributed by atoms with Crippen LogP contribution < -0.4 is 10.6 Å². The number of guanidine groups is 1. The summed E-state index contributed by atoms with van der Waals surface area (Å²) in [5, 5.41) is 6.34. The van der Waals surface area contributed by atoms with Crippen LogP contribution >= 0.6 is 0 Å². The molecule has 0 unspecified atom stereocenters. The molecular weight excluding hydrogens is 371 g/mol. The van der Waals surface area contributed by atoms with Crippen LogP contribution in [0.5, 0.6) is 0 Å². The van der Waals surface area contributed by atoms with E-state index in [1.165, 1.54) is 0 Å². The molecule has 11 heteroatoms. The minimum absolute atomic E-state index is 0.108. The van der Waals surface area contributed by atoms with Gasteiger partial charge in [0, 0.05) is 32.7 Å². The van der Waals surface area contributed by atoms with Crippen LogP contribution in [0.2, 0.25) is 0 Å². The Labute approximate surface area is 154 Å².